The molecule has 1 aromatic carbocycles. The van der Waals surface area contributed by atoms with E-state index in [2.05, 4.69) is 20.3 Å². The Balaban J connectivity index is 0.00000156. The van der Waals surface area contributed by atoms with Gasteiger partial charge in [0.05, 0.1) is 12.5 Å². The summed E-state index contributed by atoms with van der Waals surface area (Å²) >= 11 is 0. The second-order valence-corrected chi connectivity index (χ2v) is 5.06. The highest BCUT2D eigenvalue weighted by molar-refractivity contribution is 5.97. The summed E-state index contributed by atoms with van der Waals surface area (Å²) in [5, 5.41) is 3.92. The van der Waals surface area contributed by atoms with Crippen molar-refractivity contribution in [3.8, 4) is 0 Å². The highest BCUT2D eigenvalue weighted by Crippen LogP contribution is 2.21. The topological polar surface area (TPSA) is 106 Å². The third kappa shape index (κ3) is 4.60. The molecule has 3 aromatic rings. The van der Waals surface area contributed by atoms with E-state index in [4.69, 9.17) is 10.5 Å². The van der Waals surface area contributed by atoms with Crippen LogP contribution in [0.25, 0.3) is 11.0 Å². The van der Waals surface area contributed by atoms with Gasteiger partial charge in [-0.1, -0.05) is 30.3 Å². The molecule has 1 unspecified atom stereocenters. The predicted octanol–water partition coefficient (Wildman–Crippen LogP) is 2.70. The van der Waals surface area contributed by atoms with Crippen molar-refractivity contribution in [2.45, 2.75) is 6.04 Å². The third-order valence-electron chi connectivity index (χ3n) is 3.55. The number of nitrogens with two attached hydrogens (primary N) is 1. The molecule has 0 saturated heterocycles. The molecule has 134 valence electrons. The van der Waals surface area contributed by atoms with E-state index in [0.29, 0.717) is 29.1 Å². The minimum Gasteiger partial charge on any atom is -0.464 e. The molecule has 1 atom stereocenters. The van der Waals surface area contributed by atoms with Crippen molar-refractivity contribution in [2.75, 3.05) is 19.0 Å². The molecule has 9 heteroatoms. The number of anilines is 1. The van der Waals surface area contributed by atoms with E-state index in [1.165, 1.54) is 13.4 Å². The molecule has 25 heavy (non-hydrogen) atoms. The monoisotopic (exact) mass is 383 g/mol. The van der Waals surface area contributed by atoms with E-state index in [1.54, 1.807) is 6.07 Å². The number of fused-ring (bicyclic) bond motifs is 1. The van der Waals surface area contributed by atoms with Crippen molar-refractivity contribution in [1.29, 1.82) is 0 Å². The summed E-state index contributed by atoms with van der Waals surface area (Å²) < 4.78 is 4.70. The van der Waals surface area contributed by atoms with E-state index < -0.39 is 5.97 Å². The Morgan fingerprint density at radius 3 is 2.68 bits per heavy atom. The second kappa shape index (κ2) is 9.22. The van der Waals surface area contributed by atoms with Crippen LogP contribution < -0.4 is 11.1 Å². The maximum absolute atomic E-state index is 11.6. The Hall–Kier alpha value is -2.35. The lowest BCUT2D eigenvalue weighted by Gasteiger charge is -2.13. The van der Waals surface area contributed by atoms with Crippen molar-refractivity contribution >= 4 is 47.6 Å². The molecule has 0 bridgehead atoms. The maximum Gasteiger partial charge on any atom is 0.354 e. The van der Waals surface area contributed by atoms with Gasteiger partial charge < -0.3 is 20.8 Å². The first-order valence-corrected chi connectivity index (χ1v) is 7.15. The fraction of sp³-hybridized carbons (Fsp3) is 0.188. The lowest BCUT2D eigenvalue weighted by Crippen LogP contribution is -2.21. The van der Waals surface area contributed by atoms with E-state index >= 15 is 0 Å². The van der Waals surface area contributed by atoms with Gasteiger partial charge >= 0.3 is 5.97 Å². The summed E-state index contributed by atoms with van der Waals surface area (Å²) in [7, 11) is 1.33. The van der Waals surface area contributed by atoms with E-state index in [0.717, 1.165) is 5.56 Å². The molecule has 4 N–H and O–H groups in total. The van der Waals surface area contributed by atoms with E-state index in [1.807, 2.05) is 30.3 Å². The summed E-state index contributed by atoms with van der Waals surface area (Å²) in [6, 6.07) is 11.3. The number of hydrogen-bond donors (Lipinski definition) is 3. The van der Waals surface area contributed by atoms with Crippen LogP contribution in [0.15, 0.2) is 42.7 Å². The van der Waals surface area contributed by atoms with Gasteiger partial charge in [0.15, 0.2) is 0 Å². The number of rotatable bonds is 5. The molecule has 2 heterocycles. The molecule has 7 nitrogen and oxygen atoms in total. The zero-order valence-corrected chi connectivity index (χ0v) is 15.1. The van der Waals surface area contributed by atoms with Crippen LogP contribution in [0.3, 0.4) is 0 Å². The van der Waals surface area contributed by atoms with Crippen molar-refractivity contribution in [2.24, 2.45) is 5.73 Å². The number of aromatic amines is 1. The standard InChI is InChI=1S/C16H17N5O2.2ClH/c1-23-16(22)13-7-11-14(19-9-20-15(11)21-13)18-8-12(17)10-5-3-2-4-6-10;;/h2-7,9,12H,8,17H2,1H3,(H2,18,19,20,21);2*1H. The number of nitrogens with one attached hydrogen (secondary N) is 2. The normalized spacial score (nSPS) is 11.1. The van der Waals surface area contributed by atoms with Crippen LogP contribution in [0.5, 0.6) is 0 Å². The van der Waals surface area contributed by atoms with Crippen LogP contribution in [-0.2, 0) is 4.74 Å². The summed E-state index contributed by atoms with van der Waals surface area (Å²) in [6.07, 6.45) is 1.43. The number of esters is 1. The van der Waals surface area contributed by atoms with Gasteiger partial charge in [0.1, 0.15) is 23.5 Å². The Kier molecular flexibility index (Phi) is 7.63. The Morgan fingerprint density at radius 1 is 1.28 bits per heavy atom. The first-order chi connectivity index (χ1) is 11.2. The molecule has 0 spiro atoms. The van der Waals surface area contributed by atoms with E-state index in [-0.39, 0.29) is 30.9 Å². The smallest absolute Gasteiger partial charge is 0.354 e. The maximum atomic E-state index is 11.6. The fourth-order valence-electron chi connectivity index (χ4n) is 2.33. The van der Waals surface area contributed by atoms with Crippen LogP contribution >= 0.6 is 24.8 Å². The van der Waals surface area contributed by atoms with Gasteiger partial charge in [0.2, 0.25) is 0 Å². The molecule has 0 aliphatic carbocycles. The summed E-state index contributed by atoms with van der Waals surface area (Å²) in [5.74, 6) is 0.169. The molecular formula is C16H19Cl2N5O2. The number of hydrogen-bond acceptors (Lipinski definition) is 6. The predicted molar refractivity (Wildman–Crippen MR) is 102 cm³/mol. The minimum absolute atomic E-state index is 0. The SMILES string of the molecule is COC(=O)c1cc2c(NCC(N)c3ccccc3)ncnc2[nH]1.Cl.Cl. The zero-order chi connectivity index (χ0) is 16.2. The van der Waals surface area contributed by atoms with Gasteiger partial charge in [-0.05, 0) is 11.6 Å². The summed E-state index contributed by atoms with van der Waals surface area (Å²) in [4.78, 5) is 22.9. The Morgan fingerprint density at radius 2 is 2.00 bits per heavy atom. The van der Waals surface area contributed by atoms with Crippen molar-refractivity contribution in [1.82, 2.24) is 15.0 Å². The van der Waals surface area contributed by atoms with Crippen LogP contribution in [0.2, 0.25) is 0 Å². The molecule has 3 rings (SSSR count). The highest BCUT2D eigenvalue weighted by Gasteiger charge is 2.14. The zero-order valence-electron chi connectivity index (χ0n) is 13.4. The molecule has 0 radical (unpaired) electrons. The highest BCUT2D eigenvalue weighted by atomic mass is 35.5. The quantitative estimate of drug-likeness (QED) is 0.584. The third-order valence-corrected chi connectivity index (χ3v) is 3.55. The number of halogens is 2. The first-order valence-electron chi connectivity index (χ1n) is 7.15. The Bertz CT molecular complexity index is 826. The Labute approximate surface area is 157 Å². The molecule has 2 aromatic heterocycles. The number of ether oxygens (including phenoxy) is 1. The van der Waals surface area contributed by atoms with E-state index in [9.17, 15) is 4.79 Å². The lowest BCUT2D eigenvalue weighted by atomic mass is 10.1. The molecule has 0 fully saturated rings. The fourth-order valence-corrected chi connectivity index (χ4v) is 2.33. The average Bonchev–Trinajstić information content (AvgIpc) is 3.04. The van der Waals surface area contributed by atoms with Gasteiger partial charge in [-0.15, -0.1) is 24.8 Å². The average molecular weight is 384 g/mol. The van der Waals surface area contributed by atoms with Crippen LogP contribution in [0, 0.1) is 0 Å². The first kappa shape index (κ1) is 20.7. The minimum atomic E-state index is -0.449. The van der Waals surface area contributed by atoms with Gasteiger partial charge in [0, 0.05) is 12.6 Å². The number of carbonyl (C=O) groups excluding carboxylic acids is 1. The number of aromatic nitrogens is 3. The number of nitrogens with zero attached hydrogens (tertiary/aromatic N) is 2. The van der Waals surface area contributed by atoms with Gasteiger partial charge in [-0.2, -0.15) is 0 Å². The summed E-state index contributed by atoms with van der Waals surface area (Å²) in [6.45, 7) is 0.509. The molecule has 0 amide bonds. The molecule has 0 aliphatic rings. The van der Waals surface area contributed by atoms with Gasteiger partial charge in [-0.25, -0.2) is 14.8 Å². The lowest BCUT2D eigenvalue weighted by molar-refractivity contribution is 0.0595. The van der Waals surface area contributed by atoms with Crippen LogP contribution in [0.1, 0.15) is 22.1 Å². The van der Waals surface area contributed by atoms with Crippen molar-refractivity contribution in [3.63, 3.8) is 0 Å². The molecule has 0 saturated carbocycles. The number of carbonyl (C=O) groups is 1. The number of H-pyrrole nitrogens is 1. The van der Waals surface area contributed by atoms with Crippen LogP contribution in [-0.4, -0.2) is 34.6 Å². The van der Waals surface area contributed by atoms with Crippen LogP contribution in [0.4, 0.5) is 5.82 Å². The van der Waals surface area contributed by atoms with Crippen molar-refractivity contribution in [3.05, 3.63) is 54.0 Å². The molecular weight excluding hydrogens is 365 g/mol. The second-order valence-electron chi connectivity index (χ2n) is 5.06. The van der Waals surface area contributed by atoms with Crippen molar-refractivity contribution < 1.29 is 9.53 Å². The largest absolute Gasteiger partial charge is 0.464 e. The molecule has 0 aliphatic heterocycles. The summed E-state index contributed by atoms with van der Waals surface area (Å²) in [5.41, 5.74) is 8.11. The van der Waals surface area contributed by atoms with Gasteiger partial charge in [0.25, 0.3) is 0 Å². The van der Waals surface area contributed by atoms with Gasteiger partial charge in [-0.3, -0.25) is 0 Å². The number of benzene rings is 1. The number of methoxy groups -OCH3 is 1.